The van der Waals surface area contributed by atoms with Gasteiger partial charge in [0.15, 0.2) is 0 Å². The number of rotatable bonds is 2. The second-order valence-electron chi connectivity index (χ2n) is 5.70. The predicted molar refractivity (Wildman–Crippen MR) is 92.5 cm³/mol. The zero-order valence-electron chi connectivity index (χ0n) is 12.9. The number of benzene rings is 1. The molecule has 3 aromatic rings. The monoisotopic (exact) mass is 320 g/mol. The number of pyridine rings is 1. The van der Waals surface area contributed by atoms with Crippen molar-refractivity contribution in [3.05, 3.63) is 65.8 Å². The minimum atomic E-state index is -0.408. The minimum absolute atomic E-state index is 0.0536. The lowest BCUT2D eigenvalue weighted by molar-refractivity contribution is -0.111. The molecule has 0 radical (unpaired) electrons. The molecule has 1 aliphatic rings. The number of nitrogens with two attached hydrogens (primary N) is 1. The lowest BCUT2D eigenvalue weighted by Gasteiger charge is -2.16. The quantitative estimate of drug-likeness (QED) is 0.633. The molecule has 1 aromatic carbocycles. The first-order chi connectivity index (χ1) is 11.6. The normalized spacial score (nSPS) is 13.8. The SMILES string of the molecule is Nc1ccccc1NC(=O)C1=C(O)CCc2c1nc1ccccn21. The molecule has 120 valence electrons. The molecule has 0 saturated heterocycles. The molecule has 1 amide bonds. The number of para-hydroxylation sites is 2. The summed E-state index contributed by atoms with van der Waals surface area (Å²) in [5, 5.41) is 13.1. The summed E-state index contributed by atoms with van der Waals surface area (Å²) in [5.74, 6) is -0.354. The van der Waals surface area contributed by atoms with Crippen LogP contribution in [0.3, 0.4) is 0 Å². The van der Waals surface area contributed by atoms with Crippen molar-refractivity contribution in [1.29, 1.82) is 0 Å². The number of nitrogens with one attached hydrogen (secondary N) is 1. The van der Waals surface area contributed by atoms with Gasteiger partial charge in [-0.15, -0.1) is 0 Å². The number of hydrogen-bond donors (Lipinski definition) is 3. The van der Waals surface area contributed by atoms with E-state index in [-0.39, 0.29) is 11.3 Å². The van der Waals surface area contributed by atoms with Crippen LogP contribution >= 0.6 is 0 Å². The maximum atomic E-state index is 12.7. The van der Waals surface area contributed by atoms with E-state index in [1.807, 2.05) is 28.8 Å². The molecule has 1 aliphatic carbocycles. The van der Waals surface area contributed by atoms with Gasteiger partial charge in [0, 0.05) is 12.6 Å². The fourth-order valence-corrected chi connectivity index (χ4v) is 3.02. The molecule has 0 saturated carbocycles. The third-order valence-corrected chi connectivity index (χ3v) is 4.19. The van der Waals surface area contributed by atoms with Crippen LogP contribution in [-0.4, -0.2) is 20.4 Å². The molecule has 0 bridgehead atoms. The Kier molecular flexibility index (Phi) is 3.23. The summed E-state index contributed by atoms with van der Waals surface area (Å²) in [6.07, 6.45) is 2.95. The number of anilines is 2. The maximum Gasteiger partial charge on any atom is 0.261 e. The molecule has 24 heavy (non-hydrogen) atoms. The van der Waals surface area contributed by atoms with E-state index in [1.165, 1.54) is 0 Å². The van der Waals surface area contributed by atoms with Crippen LogP contribution in [0.2, 0.25) is 0 Å². The minimum Gasteiger partial charge on any atom is -0.511 e. The third-order valence-electron chi connectivity index (χ3n) is 4.19. The van der Waals surface area contributed by atoms with Crippen molar-refractivity contribution in [2.45, 2.75) is 12.8 Å². The van der Waals surface area contributed by atoms with Gasteiger partial charge in [-0.3, -0.25) is 4.79 Å². The Bertz CT molecular complexity index is 988. The lowest BCUT2D eigenvalue weighted by Crippen LogP contribution is -2.20. The fraction of sp³-hybridized carbons (Fsp3) is 0.111. The highest BCUT2D eigenvalue weighted by Crippen LogP contribution is 2.32. The number of aliphatic hydroxyl groups is 1. The molecule has 2 aromatic heterocycles. The third kappa shape index (κ3) is 2.20. The highest BCUT2D eigenvalue weighted by molar-refractivity contribution is 6.26. The number of amides is 1. The van der Waals surface area contributed by atoms with Crippen molar-refractivity contribution >= 4 is 28.5 Å². The van der Waals surface area contributed by atoms with E-state index >= 15 is 0 Å². The van der Waals surface area contributed by atoms with Crippen molar-refractivity contribution in [2.24, 2.45) is 0 Å². The molecule has 4 rings (SSSR count). The highest BCUT2D eigenvalue weighted by atomic mass is 16.3. The number of imidazole rings is 1. The zero-order chi connectivity index (χ0) is 16.7. The number of aryl methyl sites for hydroxylation is 1. The molecule has 6 heteroatoms. The number of aliphatic hydroxyl groups excluding tert-OH is 1. The van der Waals surface area contributed by atoms with Gasteiger partial charge in [0.2, 0.25) is 0 Å². The average molecular weight is 320 g/mol. The number of nitrogens with zero attached hydrogens (tertiary/aromatic N) is 2. The number of carbonyl (C=O) groups excluding carboxylic acids is 1. The topological polar surface area (TPSA) is 92.6 Å². The maximum absolute atomic E-state index is 12.7. The van der Waals surface area contributed by atoms with Gasteiger partial charge in [-0.25, -0.2) is 4.98 Å². The van der Waals surface area contributed by atoms with Gasteiger partial charge in [-0.05, 0) is 30.7 Å². The Hall–Kier alpha value is -3.28. The van der Waals surface area contributed by atoms with Crippen LogP contribution in [-0.2, 0) is 11.2 Å². The average Bonchev–Trinajstić information content (AvgIpc) is 2.95. The molecular formula is C18H16N4O2. The Morgan fingerprint density at radius 2 is 1.96 bits per heavy atom. The Morgan fingerprint density at radius 3 is 2.79 bits per heavy atom. The lowest BCUT2D eigenvalue weighted by atomic mass is 9.97. The molecule has 0 aliphatic heterocycles. The van der Waals surface area contributed by atoms with Crippen LogP contribution in [0.1, 0.15) is 17.8 Å². The smallest absolute Gasteiger partial charge is 0.261 e. The summed E-state index contributed by atoms with van der Waals surface area (Å²) in [6, 6.07) is 12.7. The Labute approximate surface area is 138 Å². The fourth-order valence-electron chi connectivity index (χ4n) is 3.02. The molecule has 0 fully saturated rings. The van der Waals surface area contributed by atoms with Crippen molar-refractivity contribution in [2.75, 3.05) is 11.1 Å². The van der Waals surface area contributed by atoms with Crippen LogP contribution in [0.15, 0.2) is 54.4 Å². The van der Waals surface area contributed by atoms with Crippen molar-refractivity contribution in [3.63, 3.8) is 0 Å². The molecular weight excluding hydrogens is 304 g/mol. The van der Waals surface area contributed by atoms with Gasteiger partial charge in [-0.2, -0.15) is 0 Å². The van der Waals surface area contributed by atoms with Crippen LogP contribution in [0.5, 0.6) is 0 Å². The van der Waals surface area contributed by atoms with Crippen molar-refractivity contribution < 1.29 is 9.90 Å². The van der Waals surface area contributed by atoms with Crippen LogP contribution < -0.4 is 11.1 Å². The first kappa shape index (κ1) is 14.3. The van der Waals surface area contributed by atoms with Crippen LogP contribution in [0, 0.1) is 0 Å². The van der Waals surface area contributed by atoms with Gasteiger partial charge in [0.05, 0.1) is 17.1 Å². The summed E-state index contributed by atoms with van der Waals surface area (Å²) < 4.78 is 1.95. The van der Waals surface area contributed by atoms with Gasteiger partial charge >= 0.3 is 0 Å². The summed E-state index contributed by atoms with van der Waals surface area (Å²) in [5.41, 5.74) is 9.27. The summed E-state index contributed by atoms with van der Waals surface area (Å²) in [6.45, 7) is 0. The second-order valence-corrected chi connectivity index (χ2v) is 5.70. The number of aromatic nitrogens is 2. The predicted octanol–water partition coefficient (Wildman–Crippen LogP) is 2.77. The molecule has 6 nitrogen and oxygen atoms in total. The Balaban J connectivity index is 1.78. The van der Waals surface area contributed by atoms with E-state index in [9.17, 15) is 9.90 Å². The van der Waals surface area contributed by atoms with E-state index in [2.05, 4.69) is 10.3 Å². The van der Waals surface area contributed by atoms with Gasteiger partial charge in [-0.1, -0.05) is 18.2 Å². The molecule has 0 atom stereocenters. The number of hydrogen-bond acceptors (Lipinski definition) is 4. The molecule has 0 unspecified atom stereocenters. The number of fused-ring (bicyclic) bond motifs is 3. The van der Waals surface area contributed by atoms with Crippen LogP contribution in [0.25, 0.3) is 11.2 Å². The largest absolute Gasteiger partial charge is 0.511 e. The first-order valence-corrected chi connectivity index (χ1v) is 7.69. The number of nitrogen functional groups attached to an aromatic ring is 1. The van der Waals surface area contributed by atoms with E-state index in [4.69, 9.17) is 5.73 Å². The van der Waals surface area contributed by atoms with Crippen LogP contribution in [0.4, 0.5) is 11.4 Å². The summed E-state index contributed by atoms with van der Waals surface area (Å²) in [7, 11) is 0. The van der Waals surface area contributed by atoms with Gasteiger partial charge < -0.3 is 20.6 Å². The first-order valence-electron chi connectivity index (χ1n) is 7.69. The summed E-state index contributed by atoms with van der Waals surface area (Å²) in [4.78, 5) is 17.3. The second kappa shape index (κ2) is 5.42. The summed E-state index contributed by atoms with van der Waals surface area (Å²) >= 11 is 0. The van der Waals surface area contributed by atoms with Gasteiger partial charge in [0.1, 0.15) is 22.7 Å². The van der Waals surface area contributed by atoms with E-state index in [0.717, 1.165) is 11.3 Å². The van der Waals surface area contributed by atoms with E-state index in [0.29, 0.717) is 29.9 Å². The molecule has 0 spiro atoms. The number of carbonyl (C=O) groups is 1. The highest BCUT2D eigenvalue weighted by Gasteiger charge is 2.29. The van der Waals surface area contributed by atoms with E-state index < -0.39 is 5.91 Å². The molecule has 2 heterocycles. The zero-order valence-corrected chi connectivity index (χ0v) is 12.9. The van der Waals surface area contributed by atoms with Crippen molar-refractivity contribution in [1.82, 2.24) is 9.38 Å². The molecule has 4 N–H and O–H groups in total. The van der Waals surface area contributed by atoms with Crippen molar-refractivity contribution in [3.8, 4) is 0 Å². The Morgan fingerprint density at radius 1 is 1.17 bits per heavy atom. The number of allylic oxidation sites excluding steroid dienone is 1. The van der Waals surface area contributed by atoms with E-state index in [1.54, 1.807) is 24.3 Å². The standard InChI is InChI=1S/C18H16N4O2/c19-11-5-1-2-6-12(11)20-18(24)16-14(23)9-8-13-17(16)21-15-7-3-4-10-22(13)15/h1-7,10,23H,8-9,19H2,(H,20,24). The van der Waals surface area contributed by atoms with Gasteiger partial charge in [0.25, 0.3) is 5.91 Å².